The molecule has 0 bridgehead atoms. The van der Waals surface area contributed by atoms with Crippen LogP contribution in [0.15, 0.2) is 23.9 Å². The lowest BCUT2D eigenvalue weighted by Crippen LogP contribution is -2.45. The van der Waals surface area contributed by atoms with Gasteiger partial charge in [0.15, 0.2) is 0 Å². The van der Waals surface area contributed by atoms with Crippen molar-refractivity contribution in [1.82, 2.24) is 10.6 Å². The Bertz CT molecular complexity index is 747. The van der Waals surface area contributed by atoms with Crippen LogP contribution in [0.4, 0.5) is 11.4 Å². The van der Waals surface area contributed by atoms with Gasteiger partial charge in [0.05, 0.1) is 35.1 Å². The van der Waals surface area contributed by atoms with Crippen LogP contribution in [0.5, 0.6) is 0 Å². The van der Waals surface area contributed by atoms with Gasteiger partial charge in [-0.05, 0) is 32.0 Å². The minimum atomic E-state index is -0.426. The van der Waals surface area contributed by atoms with E-state index in [1.165, 1.54) is 12.1 Å². The standard InChI is InChI=1S/C17H20N4O4/c22-17-16(14-10-25-8-7-19-14)13-9-12(21(23)24)1-2-15(13)20(17)11-3-5-18-6-4-11/h1-2,9,11,18-19H,3-8,10H2/b16-14-. The molecule has 0 unspecified atom stereocenters. The smallest absolute Gasteiger partial charge is 0.270 e. The summed E-state index contributed by atoms with van der Waals surface area (Å²) in [7, 11) is 0. The van der Waals surface area contributed by atoms with E-state index in [1.54, 1.807) is 6.07 Å². The highest BCUT2D eigenvalue weighted by atomic mass is 16.6. The summed E-state index contributed by atoms with van der Waals surface area (Å²) in [5.41, 5.74) is 2.61. The summed E-state index contributed by atoms with van der Waals surface area (Å²) in [5, 5.41) is 17.7. The second-order valence-electron chi connectivity index (χ2n) is 6.45. The zero-order chi connectivity index (χ0) is 17.4. The lowest BCUT2D eigenvalue weighted by molar-refractivity contribution is -0.384. The Kier molecular flexibility index (Phi) is 4.14. The number of rotatable bonds is 2. The van der Waals surface area contributed by atoms with Crippen LogP contribution in [0.3, 0.4) is 0 Å². The molecule has 0 aromatic heterocycles. The van der Waals surface area contributed by atoms with Crippen LogP contribution < -0.4 is 15.5 Å². The average Bonchev–Trinajstić information content (AvgIpc) is 2.94. The number of benzene rings is 1. The van der Waals surface area contributed by atoms with E-state index in [1.807, 2.05) is 4.90 Å². The Labute approximate surface area is 145 Å². The Morgan fingerprint density at radius 2 is 2.04 bits per heavy atom. The fourth-order valence-corrected chi connectivity index (χ4v) is 3.77. The Morgan fingerprint density at radius 3 is 2.72 bits per heavy atom. The number of morpholine rings is 1. The van der Waals surface area contributed by atoms with Crippen molar-refractivity contribution >= 4 is 22.9 Å². The van der Waals surface area contributed by atoms with E-state index >= 15 is 0 Å². The molecule has 1 aromatic carbocycles. The molecule has 0 aliphatic carbocycles. The number of piperidine rings is 1. The van der Waals surface area contributed by atoms with E-state index in [4.69, 9.17) is 4.74 Å². The van der Waals surface area contributed by atoms with Gasteiger partial charge in [0.25, 0.3) is 11.6 Å². The van der Waals surface area contributed by atoms with Crippen molar-refractivity contribution in [3.63, 3.8) is 0 Å². The normalized spacial score (nSPS) is 24.2. The van der Waals surface area contributed by atoms with Gasteiger partial charge in [-0.2, -0.15) is 0 Å². The molecule has 2 saturated heterocycles. The fraction of sp³-hybridized carbons (Fsp3) is 0.471. The molecule has 4 rings (SSSR count). The Hall–Kier alpha value is -2.45. The largest absolute Gasteiger partial charge is 0.383 e. The van der Waals surface area contributed by atoms with Gasteiger partial charge in [0.2, 0.25) is 0 Å². The van der Waals surface area contributed by atoms with E-state index in [-0.39, 0.29) is 17.6 Å². The van der Waals surface area contributed by atoms with Crippen LogP contribution in [-0.4, -0.2) is 49.7 Å². The number of carbonyl (C=O) groups excluding carboxylic acids is 1. The highest BCUT2D eigenvalue weighted by molar-refractivity contribution is 6.33. The number of nitrogens with one attached hydrogen (secondary N) is 2. The molecule has 1 aromatic rings. The number of anilines is 1. The number of ether oxygens (including phenoxy) is 1. The molecular weight excluding hydrogens is 324 g/mol. The summed E-state index contributed by atoms with van der Waals surface area (Å²) in [6.07, 6.45) is 1.74. The van der Waals surface area contributed by atoms with Crippen molar-refractivity contribution in [3.05, 3.63) is 39.6 Å². The van der Waals surface area contributed by atoms with Gasteiger partial charge < -0.3 is 20.3 Å². The van der Waals surface area contributed by atoms with Gasteiger partial charge in [-0.3, -0.25) is 14.9 Å². The lowest BCUT2D eigenvalue weighted by atomic mass is 10.0. The van der Waals surface area contributed by atoms with Crippen LogP contribution in [-0.2, 0) is 9.53 Å². The number of nitrogens with zero attached hydrogens (tertiary/aromatic N) is 2. The number of nitro benzene ring substituents is 1. The van der Waals surface area contributed by atoms with Crippen LogP contribution in [0.25, 0.3) is 5.57 Å². The maximum atomic E-state index is 13.2. The molecule has 0 spiro atoms. The van der Waals surface area contributed by atoms with E-state index in [0.717, 1.165) is 37.3 Å². The van der Waals surface area contributed by atoms with Gasteiger partial charge in [0.1, 0.15) is 0 Å². The summed E-state index contributed by atoms with van der Waals surface area (Å²) >= 11 is 0. The van der Waals surface area contributed by atoms with Crippen molar-refractivity contribution in [2.45, 2.75) is 18.9 Å². The topological polar surface area (TPSA) is 96.7 Å². The van der Waals surface area contributed by atoms with Gasteiger partial charge in [-0.15, -0.1) is 0 Å². The first-order valence-electron chi connectivity index (χ1n) is 8.54. The van der Waals surface area contributed by atoms with Crippen molar-refractivity contribution in [2.75, 3.05) is 37.7 Å². The fourth-order valence-electron chi connectivity index (χ4n) is 3.77. The van der Waals surface area contributed by atoms with E-state index < -0.39 is 4.92 Å². The first kappa shape index (κ1) is 16.0. The van der Waals surface area contributed by atoms with E-state index in [9.17, 15) is 14.9 Å². The molecule has 132 valence electrons. The summed E-state index contributed by atoms with van der Waals surface area (Å²) in [6, 6.07) is 4.78. The van der Waals surface area contributed by atoms with Crippen molar-refractivity contribution in [1.29, 1.82) is 0 Å². The third kappa shape index (κ3) is 2.77. The SMILES string of the molecule is O=C1/C(=C2/COCCN2)c2cc([N+](=O)[O-])ccc2N1C1CCNCC1. The van der Waals surface area contributed by atoms with Crippen LogP contribution in [0, 0.1) is 10.1 Å². The monoisotopic (exact) mass is 344 g/mol. The van der Waals surface area contributed by atoms with Gasteiger partial charge >= 0.3 is 0 Å². The molecule has 0 atom stereocenters. The average molecular weight is 344 g/mol. The quantitative estimate of drug-likeness (QED) is 0.472. The zero-order valence-corrected chi connectivity index (χ0v) is 13.8. The molecule has 1 amide bonds. The van der Waals surface area contributed by atoms with Gasteiger partial charge in [0, 0.05) is 30.3 Å². The summed E-state index contributed by atoms with van der Waals surface area (Å²) in [5.74, 6) is -0.0876. The maximum absolute atomic E-state index is 13.2. The van der Waals surface area contributed by atoms with Gasteiger partial charge in [-0.25, -0.2) is 0 Å². The van der Waals surface area contributed by atoms with E-state index in [2.05, 4.69) is 10.6 Å². The summed E-state index contributed by atoms with van der Waals surface area (Å²) in [6.45, 7) is 3.27. The number of fused-ring (bicyclic) bond motifs is 1. The molecule has 2 N–H and O–H groups in total. The van der Waals surface area contributed by atoms with Gasteiger partial charge in [-0.1, -0.05) is 0 Å². The predicted octanol–water partition coefficient (Wildman–Crippen LogP) is 1.02. The number of non-ortho nitro benzene ring substituents is 1. The minimum Gasteiger partial charge on any atom is -0.383 e. The van der Waals surface area contributed by atoms with Crippen molar-refractivity contribution < 1.29 is 14.5 Å². The lowest BCUT2D eigenvalue weighted by Gasteiger charge is -2.32. The molecule has 2 fully saturated rings. The number of nitro groups is 1. The molecule has 0 radical (unpaired) electrons. The highest BCUT2D eigenvalue weighted by Crippen LogP contribution is 2.42. The molecule has 3 aliphatic heterocycles. The van der Waals surface area contributed by atoms with Crippen LogP contribution >= 0.6 is 0 Å². The summed E-state index contributed by atoms with van der Waals surface area (Å²) in [4.78, 5) is 25.8. The molecular formula is C17H20N4O4. The first-order chi connectivity index (χ1) is 12.2. The second kappa shape index (κ2) is 6.45. The van der Waals surface area contributed by atoms with Crippen LogP contribution in [0.1, 0.15) is 18.4 Å². The summed E-state index contributed by atoms with van der Waals surface area (Å²) < 4.78 is 5.48. The molecule has 25 heavy (non-hydrogen) atoms. The van der Waals surface area contributed by atoms with Crippen molar-refractivity contribution in [2.24, 2.45) is 0 Å². The Balaban J connectivity index is 1.82. The molecule has 3 heterocycles. The van der Waals surface area contributed by atoms with Crippen molar-refractivity contribution in [3.8, 4) is 0 Å². The molecule has 3 aliphatic rings. The zero-order valence-electron chi connectivity index (χ0n) is 13.8. The van der Waals surface area contributed by atoms with Crippen LogP contribution in [0.2, 0.25) is 0 Å². The number of hydrogen-bond acceptors (Lipinski definition) is 6. The predicted molar refractivity (Wildman–Crippen MR) is 92.2 cm³/mol. The highest BCUT2D eigenvalue weighted by Gasteiger charge is 2.40. The molecule has 8 heteroatoms. The minimum absolute atomic E-state index is 0.00598. The third-order valence-corrected chi connectivity index (χ3v) is 4.96. The number of hydrogen-bond donors (Lipinski definition) is 2. The van der Waals surface area contributed by atoms with E-state index in [0.29, 0.717) is 30.9 Å². The molecule has 8 nitrogen and oxygen atoms in total. The number of amides is 1. The molecule has 0 saturated carbocycles. The maximum Gasteiger partial charge on any atom is 0.270 e. The number of carbonyl (C=O) groups is 1. The second-order valence-corrected chi connectivity index (χ2v) is 6.45. The third-order valence-electron chi connectivity index (χ3n) is 4.96. The Morgan fingerprint density at radius 1 is 1.24 bits per heavy atom. The first-order valence-corrected chi connectivity index (χ1v) is 8.54.